The second-order valence-electron chi connectivity index (χ2n) is 4.23. The third kappa shape index (κ3) is 2.79. The van der Waals surface area contributed by atoms with Gasteiger partial charge < -0.3 is 10.1 Å². The Labute approximate surface area is 110 Å². The van der Waals surface area contributed by atoms with E-state index in [-0.39, 0.29) is 24.8 Å². The topological polar surface area (TPSA) is 80.3 Å². The van der Waals surface area contributed by atoms with Gasteiger partial charge in [0, 0.05) is 0 Å². The van der Waals surface area contributed by atoms with Crippen molar-refractivity contribution in [2.45, 2.75) is 12.5 Å². The molecular formula is C13H15N2O4+. The van der Waals surface area contributed by atoms with Crippen LogP contribution >= 0.6 is 0 Å². The summed E-state index contributed by atoms with van der Waals surface area (Å²) in [7, 11) is 1.29. The molecular weight excluding hydrogens is 248 g/mol. The first-order valence-electron chi connectivity index (χ1n) is 5.95. The minimum absolute atomic E-state index is 0.0306. The number of hydrogen-bond donors (Lipinski definition) is 1. The van der Waals surface area contributed by atoms with Crippen LogP contribution in [0.2, 0.25) is 0 Å². The van der Waals surface area contributed by atoms with Crippen molar-refractivity contribution in [1.82, 2.24) is 0 Å². The van der Waals surface area contributed by atoms with E-state index in [4.69, 9.17) is 0 Å². The number of quaternary nitrogens is 1. The van der Waals surface area contributed by atoms with Gasteiger partial charge in [0.2, 0.25) is 5.91 Å². The quantitative estimate of drug-likeness (QED) is 0.561. The number of nitrogens with two attached hydrogens (primary N) is 1. The fraction of sp³-hybridized carbons (Fsp3) is 0.308. The lowest BCUT2D eigenvalue weighted by atomic mass is 10.2. The van der Waals surface area contributed by atoms with Crippen molar-refractivity contribution in [2.24, 2.45) is 0 Å². The lowest BCUT2D eigenvalue weighted by Gasteiger charge is -2.13. The number of benzene rings is 1. The standard InChI is InChI=1S/C13H14N2O4/c1-19-12(17)8-14-10-7-11(16)15(13(10)18)9-5-3-2-4-6-9/h2-6,10,14H,7-8H2,1H3/p+1/t10-/m1/s1. The van der Waals surface area contributed by atoms with Gasteiger partial charge in [-0.15, -0.1) is 0 Å². The summed E-state index contributed by atoms with van der Waals surface area (Å²) in [5, 5.41) is 1.54. The number of carbonyl (C=O) groups is 3. The normalized spacial score (nSPS) is 18.8. The Hall–Kier alpha value is -2.21. The molecule has 19 heavy (non-hydrogen) atoms. The smallest absolute Gasteiger partial charge is 0.361 e. The molecule has 0 aromatic heterocycles. The lowest BCUT2D eigenvalue weighted by molar-refractivity contribution is -0.665. The maximum absolute atomic E-state index is 12.1. The number of amides is 2. The van der Waals surface area contributed by atoms with Crippen molar-refractivity contribution < 1.29 is 24.4 Å². The predicted octanol–water partition coefficient (Wildman–Crippen LogP) is -0.945. The van der Waals surface area contributed by atoms with E-state index in [2.05, 4.69) is 4.74 Å². The summed E-state index contributed by atoms with van der Waals surface area (Å²) in [5.41, 5.74) is 0.562. The van der Waals surface area contributed by atoms with Crippen molar-refractivity contribution in [3.8, 4) is 0 Å². The van der Waals surface area contributed by atoms with Gasteiger partial charge in [-0.1, -0.05) is 18.2 Å². The van der Waals surface area contributed by atoms with Gasteiger partial charge in [0.1, 0.15) is 0 Å². The minimum atomic E-state index is -0.549. The summed E-state index contributed by atoms with van der Waals surface area (Å²) in [5.74, 6) is -0.958. The Morgan fingerprint density at radius 2 is 2.05 bits per heavy atom. The third-order valence-electron chi connectivity index (χ3n) is 2.99. The molecule has 6 nitrogen and oxygen atoms in total. The third-order valence-corrected chi connectivity index (χ3v) is 2.99. The second kappa shape index (κ2) is 5.62. The van der Waals surface area contributed by atoms with Gasteiger partial charge in [-0.05, 0) is 12.1 Å². The Kier molecular flexibility index (Phi) is 3.91. The summed E-state index contributed by atoms with van der Waals surface area (Å²) in [4.78, 5) is 36.2. The van der Waals surface area contributed by atoms with E-state index < -0.39 is 12.0 Å². The van der Waals surface area contributed by atoms with E-state index in [0.717, 1.165) is 0 Å². The number of hydrogen-bond acceptors (Lipinski definition) is 4. The van der Waals surface area contributed by atoms with Crippen LogP contribution in [0, 0.1) is 0 Å². The molecule has 0 spiro atoms. The van der Waals surface area contributed by atoms with Crippen molar-refractivity contribution in [3.63, 3.8) is 0 Å². The molecule has 0 unspecified atom stereocenters. The van der Waals surface area contributed by atoms with Crippen LogP contribution in [-0.2, 0) is 19.1 Å². The van der Waals surface area contributed by atoms with Crippen LogP contribution in [-0.4, -0.2) is 37.5 Å². The molecule has 1 aromatic carbocycles. The molecule has 1 atom stereocenters. The van der Waals surface area contributed by atoms with Crippen molar-refractivity contribution in [1.29, 1.82) is 0 Å². The molecule has 1 saturated heterocycles. The van der Waals surface area contributed by atoms with Crippen LogP contribution in [0.15, 0.2) is 30.3 Å². The predicted molar refractivity (Wildman–Crippen MR) is 66.1 cm³/mol. The Bertz CT molecular complexity index is 501. The Morgan fingerprint density at radius 3 is 2.68 bits per heavy atom. The zero-order valence-electron chi connectivity index (χ0n) is 10.5. The molecule has 2 amide bonds. The van der Waals surface area contributed by atoms with E-state index in [1.807, 2.05) is 6.07 Å². The van der Waals surface area contributed by atoms with Crippen LogP contribution in [0.5, 0.6) is 0 Å². The summed E-state index contributed by atoms with van der Waals surface area (Å²) < 4.78 is 4.50. The second-order valence-corrected chi connectivity index (χ2v) is 4.23. The first-order chi connectivity index (χ1) is 9.13. The highest BCUT2D eigenvalue weighted by atomic mass is 16.5. The summed E-state index contributed by atoms with van der Waals surface area (Å²) >= 11 is 0. The molecule has 6 heteroatoms. The SMILES string of the molecule is COC(=O)C[NH2+][C@@H]1CC(=O)N(c2ccccc2)C1=O. The number of imide groups is 1. The van der Waals surface area contributed by atoms with Crippen LogP contribution in [0.4, 0.5) is 5.69 Å². The number of nitrogens with zero attached hydrogens (tertiary/aromatic N) is 1. The number of ether oxygens (including phenoxy) is 1. The number of methoxy groups -OCH3 is 1. The lowest BCUT2D eigenvalue weighted by Crippen LogP contribution is -2.93. The van der Waals surface area contributed by atoms with Gasteiger partial charge in [-0.3, -0.25) is 9.59 Å². The number of anilines is 1. The fourth-order valence-electron chi connectivity index (χ4n) is 2.01. The number of para-hydroxylation sites is 1. The number of carbonyl (C=O) groups excluding carboxylic acids is 3. The molecule has 100 valence electrons. The molecule has 0 bridgehead atoms. The zero-order chi connectivity index (χ0) is 13.8. The minimum Gasteiger partial charge on any atom is -0.465 e. The first-order valence-corrected chi connectivity index (χ1v) is 5.95. The molecule has 1 fully saturated rings. The molecule has 1 aliphatic rings. The average Bonchev–Trinajstić information content (AvgIpc) is 2.71. The number of rotatable bonds is 4. The van der Waals surface area contributed by atoms with E-state index in [0.29, 0.717) is 5.69 Å². The summed E-state index contributed by atoms with van der Waals surface area (Å²) in [6.45, 7) is 0.0306. The maximum atomic E-state index is 12.1. The Morgan fingerprint density at radius 1 is 1.37 bits per heavy atom. The van der Waals surface area contributed by atoms with Gasteiger partial charge in [0.25, 0.3) is 5.91 Å². The van der Waals surface area contributed by atoms with Gasteiger partial charge in [0.05, 0.1) is 19.2 Å². The molecule has 1 aliphatic heterocycles. The van der Waals surface area contributed by atoms with E-state index in [1.165, 1.54) is 17.3 Å². The average molecular weight is 263 g/mol. The largest absolute Gasteiger partial charge is 0.465 e. The molecule has 0 saturated carbocycles. The van der Waals surface area contributed by atoms with Crippen LogP contribution in [0.3, 0.4) is 0 Å². The van der Waals surface area contributed by atoms with Crippen LogP contribution in [0.1, 0.15) is 6.42 Å². The zero-order valence-corrected chi connectivity index (χ0v) is 10.5. The van der Waals surface area contributed by atoms with E-state index in [9.17, 15) is 14.4 Å². The van der Waals surface area contributed by atoms with Crippen molar-refractivity contribution in [3.05, 3.63) is 30.3 Å². The van der Waals surface area contributed by atoms with Gasteiger partial charge in [0.15, 0.2) is 12.6 Å². The Balaban J connectivity index is 2.07. The number of esters is 1. The first kappa shape index (κ1) is 13.2. The fourth-order valence-corrected chi connectivity index (χ4v) is 2.01. The summed E-state index contributed by atoms with van der Waals surface area (Å²) in [6, 6.07) is 8.21. The maximum Gasteiger partial charge on any atom is 0.361 e. The van der Waals surface area contributed by atoms with E-state index in [1.54, 1.807) is 24.3 Å². The molecule has 1 aromatic rings. The van der Waals surface area contributed by atoms with Gasteiger partial charge in [-0.2, -0.15) is 0 Å². The monoisotopic (exact) mass is 263 g/mol. The highest BCUT2D eigenvalue weighted by Gasteiger charge is 2.42. The molecule has 1 heterocycles. The molecule has 2 rings (SSSR count). The molecule has 2 N–H and O–H groups in total. The van der Waals surface area contributed by atoms with Crippen molar-refractivity contribution >= 4 is 23.5 Å². The highest BCUT2D eigenvalue weighted by Crippen LogP contribution is 2.20. The van der Waals surface area contributed by atoms with E-state index >= 15 is 0 Å². The van der Waals surface area contributed by atoms with Crippen molar-refractivity contribution in [2.75, 3.05) is 18.6 Å². The van der Waals surface area contributed by atoms with Crippen LogP contribution in [0.25, 0.3) is 0 Å². The molecule has 0 radical (unpaired) electrons. The van der Waals surface area contributed by atoms with Crippen LogP contribution < -0.4 is 10.2 Å². The molecule has 0 aliphatic carbocycles. The van der Waals surface area contributed by atoms with Gasteiger partial charge in [-0.25, -0.2) is 9.69 Å². The highest BCUT2D eigenvalue weighted by molar-refractivity contribution is 6.21. The van der Waals surface area contributed by atoms with Gasteiger partial charge >= 0.3 is 5.97 Å². The summed E-state index contributed by atoms with van der Waals surface area (Å²) in [6.07, 6.45) is 0.102.